The molecule has 0 aliphatic heterocycles. The Kier molecular flexibility index (Phi) is 6.01. The molecule has 0 radical (unpaired) electrons. The predicted molar refractivity (Wildman–Crippen MR) is 107 cm³/mol. The molecule has 0 saturated heterocycles. The minimum absolute atomic E-state index is 0.0463. The molecule has 0 saturated carbocycles. The molecular weight excluding hydrogens is 382 g/mol. The molecule has 0 spiro atoms. The third kappa shape index (κ3) is 2.97. The molecule has 0 bridgehead atoms. The van der Waals surface area contributed by atoms with Crippen molar-refractivity contribution in [1.82, 2.24) is 0 Å². The molecule has 0 aromatic rings. The van der Waals surface area contributed by atoms with Gasteiger partial charge in [0.2, 0.25) is 0 Å². The number of hydrogen-bond acceptors (Lipinski definition) is 4. The molecule has 28 heavy (non-hydrogen) atoms. The first kappa shape index (κ1) is 22.8. The highest BCUT2D eigenvalue weighted by atomic mass is 28.3. The average Bonchev–Trinajstić information content (AvgIpc) is 2.57. The molecule has 4 nitrogen and oxygen atoms in total. The number of carbonyl (C=O) groups is 2. The van der Waals surface area contributed by atoms with Gasteiger partial charge in [-0.1, -0.05) is 46.7 Å². The zero-order chi connectivity index (χ0) is 21.7. The Morgan fingerprint density at radius 1 is 0.929 bits per heavy atom. The van der Waals surface area contributed by atoms with Crippen LogP contribution in [0.1, 0.15) is 54.4 Å². The van der Waals surface area contributed by atoms with Crippen LogP contribution in [-0.2, 0) is 19.1 Å². The van der Waals surface area contributed by atoms with Crippen LogP contribution in [0.3, 0.4) is 0 Å². The van der Waals surface area contributed by atoms with E-state index in [1.165, 1.54) is 14.2 Å². The number of ether oxygens (including phenoxy) is 2. The van der Waals surface area contributed by atoms with E-state index in [0.29, 0.717) is 10.8 Å². The summed E-state index contributed by atoms with van der Waals surface area (Å²) in [6, 6.07) is 0. The van der Waals surface area contributed by atoms with Gasteiger partial charge in [-0.15, -0.1) is 0 Å². The van der Waals surface area contributed by atoms with E-state index in [0.717, 1.165) is 6.08 Å². The van der Waals surface area contributed by atoms with Gasteiger partial charge in [-0.3, -0.25) is 9.59 Å². The second-order valence-electron chi connectivity index (χ2n) is 8.96. The van der Waals surface area contributed by atoms with Crippen LogP contribution in [0.25, 0.3) is 0 Å². The van der Waals surface area contributed by atoms with Crippen LogP contribution in [0.4, 0.5) is 8.78 Å². The van der Waals surface area contributed by atoms with Crippen LogP contribution in [0, 0.1) is 5.41 Å². The molecule has 0 aromatic carbocycles. The Bertz CT molecular complexity index is 697. The fourth-order valence-electron chi connectivity index (χ4n) is 5.99. The number of alkyl halides is 2. The quantitative estimate of drug-likeness (QED) is 0.340. The molecule has 2 aliphatic rings. The minimum atomic E-state index is -3.01. The van der Waals surface area contributed by atoms with Gasteiger partial charge in [-0.05, 0) is 41.1 Å². The topological polar surface area (TPSA) is 52.6 Å². The molecule has 7 heteroatoms. The molecule has 0 unspecified atom stereocenters. The molecule has 0 N–H and O–H groups in total. The van der Waals surface area contributed by atoms with E-state index < -0.39 is 31.4 Å². The van der Waals surface area contributed by atoms with Gasteiger partial charge in [0.15, 0.2) is 5.41 Å². The maximum absolute atomic E-state index is 14.7. The number of halogens is 2. The highest BCUT2D eigenvalue weighted by Gasteiger charge is 2.62. The molecule has 0 aromatic heterocycles. The predicted octanol–water partition coefficient (Wildman–Crippen LogP) is 5.20. The Hall–Kier alpha value is -1.50. The van der Waals surface area contributed by atoms with Crippen LogP contribution in [-0.4, -0.2) is 40.2 Å². The molecular formula is C21H32F2O4Si. The van der Waals surface area contributed by atoms with Crippen molar-refractivity contribution < 1.29 is 27.8 Å². The van der Waals surface area contributed by atoms with Crippen molar-refractivity contribution in [3.63, 3.8) is 0 Å². The average molecular weight is 415 g/mol. The molecule has 0 amide bonds. The van der Waals surface area contributed by atoms with Crippen molar-refractivity contribution in [2.24, 2.45) is 5.41 Å². The normalized spacial score (nSPS) is 20.7. The highest BCUT2D eigenvalue weighted by Crippen LogP contribution is 2.61. The second-order valence-corrected chi connectivity index (χ2v) is 14.9. The van der Waals surface area contributed by atoms with Crippen molar-refractivity contribution in [2.75, 3.05) is 14.2 Å². The van der Waals surface area contributed by atoms with Gasteiger partial charge in [-0.2, -0.15) is 8.78 Å². The van der Waals surface area contributed by atoms with E-state index in [4.69, 9.17) is 9.47 Å². The number of carbonyl (C=O) groups excluding carboxylic acids is 2. The number of fused-ring (bicyclic) bond motifs is 1. The molecule has 158 valence electrons. The van der Waals surface area contributed by atoms with Gasteiger partial charge in [0.25, 0.3) is 5.92 Å². The van der Waals surface area contributed by atoms with E-state index in [9.17, 15) is 18.4 Å². The van der Waals surface area contributed by atoms with Gasteiger partial charge in [0.05, 0.1) is 22.3 Å². The Morgan fingerprint density at radius 2 is 1.36 bits per heavy atom. The summed E-state index contributed by atoms with van der Waals surface area (Å²) in [7, 11) is -0.100. The number of hydrogen-bond donors (Lipinski definition) is 0. The second kappa shape index (κ2) is 7.39. The first-order valence-corrected chi connectivity index (χ1v) is 12.1. The van der Waals surface area contributed by atoms with Crippen LogP contribution in [0.5, 0.6) is 0 Å². The van der Waals surface area contributed by atoms with Gasteiger partial charge >= 0.3 is 11.9 Å². The number of esters is 2. The van der Waals surface area contributed by atoms with E-state index in [2.05, 4.69) is 41.5 Å². The maximum Gasteiger partial charge on any atom is 0.323 e. The van der Waals surface area contributed by atoms with Gasteiger partial charge in [0.1, 0.15) is 0 Å². The summed E-state index contributed by atoms with van der Waals surface area (Å²) in [4.78, 5) is 25.5. The van der Waals surface area contributed by atoms with Gasteiger partial charge in [0, 0.05) is 5.57 Å². The molecule has 0 atom stereocenters. The molecule has 2 aliphatic carbocycles. The zero-order valence-electron chi connectivity index (χ0n) is 18.1. The lowest BCUT2D eigenvalue weighted by atomic mass is 9.67. The standard InChI is InChI=1S/C21H32F2O4Si/c1-12(2)28(13(3)4,14(5)6)16-11-20(18(24)26-7,19(25)27-8)9-15-10-21(22,23)17(15)16/h10,12-14H,9,11H2,1-8H3. The summed E-state index contributed by atoms with van der Waals surface area (Å²) in [5.74, 6) is -4.45. The first-order chi connectivity index (χ1) is 12.8. The Balaban J connectivity index is 2.85. The maximum atomic E-state index is 14.7. The summed E-state index contributed by atoms with van der Waals surface area (Å²) >= 11 is 0. The highest BCUT2D eigenvalue weighted by molar-refractivity contribution is 6.90. The molecule has 0 fully saturated rings. The van der Waals surface area contributed by atoms with Crippen LogP contribution >= 0.6 is 0 Å². The van der Waals surface area contributed by atoms with Gasteiger partial charge in [-0.25, -0.2) is 0 Å². The zero-order valence-corrected chi connectivity index (χ0v) is 19.1. The summed E-state index contributed by atoms with van der Waals surface area (Å²) in [5.41, 5.74) is -0.641. The number of rotatable bonds is 6. The lowest BCUT2D eigenvalue weighted by Gasteiger charge is -2.52. The Morgan fingerprint density at radius 3 is 1.68 bits per heavy atom. The third-order valence-corrected chi connectivity index (χ3v) is 14.0. The van der Waals surface area contributed by atoms with Crippen LogP contribution in [0.15, 0.2) is 22.4 Å². The number of methoxy groups -OCH3 is 2. The molecule has 0 heterocycles. The Labute approximate surface area is 167 Å². The fraction of sp³-hybridized carbons (Fsp3) is 0.714. The summed E-state index contributed by atoms with van der Waals surface area (Å²) in [6.07, 6.45) is 0.747. The van der Waals surface area contributed by atoms with Crippen LogP contribution in [0.2, 0.25) is 16.6 Å². The SMILES string of the molecule is COC(=O)C1(C(=O)OC)CC2=CC(F)(F)C2=C([Si](C(C)C)(C(C)C)C(C)C)C1. The largest absolute Gasteiger partial charge is 0.468 e. The van der Waals surface area contributed by atoms with E-state index >= 15 is 0 Å². The van der Waals surface area contributed by atoms with Gasteiger partial charge < -0.3 is 9.47 Å². The smallest absolute Gasteiger partial charge is 0.323 e. The van der Waals surface area contributed by atoms with Crippen molar-refractivity contribution in [2.45, 2.75) is 76.9 Å². The summed E-state index contributed by atoms with van der Waals surface area (Å²) in [5, 5.41) is 0.636. The van der Waals surface area contributed by atoms with Crippen molar-refractivity contribution >= 4 is 20.0 Å². The van der Waals surface area contributed by atoms with E-state index in [-0.39, 0.29) is 35.0 Å². The van der Waals surface area contributed by atoms with Crippen molar-refractivity contribution in [3.8, 4) is 0 Å². The van der Waals surface area contributed by atoms with Crippen LogP contribution < -0.4 is 0 Å². The fourth-order valence-corrected chi connectivity index (χ4v) is 13.4. The minimum Gasteiger partial charge on any atom is -0.468 e. The molecule has 2 rings (SSSR count). The van der Waals surface area contributed by atoms with Crippen molar-refractivity contribution in [1.29, 1.82) is 0 Å². The lowest BCUT2D eigenvalue weighted by molar-refractivity contribution is -0.169. The third-order valence-electron chi connectivity index (χ3n) is 6.82. The van der Waals surface area contributed by atoms with E-state index in [1.807, 2.05) is 0 Å². The summed E-state index contributed by atoms with van der Waals surface area (Å²) in [6.45, 7) is 12.5. The first-order valence-electron chi connectivity index (χ1n) is 9.83. The summed E-state index contributed by atoms with van der Waals surface area (Å²) < 4.78 is 39.3. The monoisotopic (exact) mass is 414 g/mol. The number of allylic oxidation sites excluding steroid dienone is 4. The lowest BCUT2D eigenvalue weighted by Crippen LogP contribution is -2.56. The van der Waals surface area contributed by atoms with Crippen molar-refractivity contribution in [3.05, 3.63) is 22.4 Å². The van der Waals surface area contributed by atoms with E-state index in [1.54, 1.807) is 0 Å².